The van der Waals surface area contributed by atoms with Gasteiger partial charge in [-0.15, -0.1) is 0 Å². The molecule has 2 aliphatic heterocycles. The molecule has 0 aliphatic carbocycles. The van der Waals surface area contributed by atoms with E-state index in [1.807, 2.05) is 13.0 Å². The van der Waals surface area contributed by atoms with Crippen molar-refractivity contribution < 1.29 is 9.53 Å². The van der Waals surface area contributed by atoms with Gasteiger partial charge in [0.05, 0.1) is 19.3 Å². The first-order valence-electron chi connectivity index (χ1n) is 11.0. The minimum Gasteiger partial charge on any atom is -0.378 e. The molecule has 9 heteroatoms. The lowest BCUT2D eigenvalue weighted by molar-refractivity contribution is -0.117. The summed E-state index contributed by atoms with van der Waals surface area (Å²) in [6, 6.07) is 3.34. The Hall–Kier alpha value is -2.78. The lowest BCUT2D eigenvalue weighted by atomic mass is 10.1. The van der Waals surface area contributed by atoms with Gasteiger partial charge in [0.25, 0.3) is 0 Å². The summed E-state index contributed by atoms with van der Waals surface area (Å²) < 4.78 is 5.51. The molecule has 4 rings (SSSR count). The fraction of sp³-hybridized carbons (Fsp3) is 0.545. The van der Waals surface area contributed by atoms with E-state index < -0.39 is 6.04 Å². The van der Waals surface area contributed by atoms with Gasteiger partial charge in [-0.1, -0.05) is 0 Å². The van der Waals surface area contributed by atoms with Gasteiger partial charge in [0.1, 0.15) is 17.5 Å². The molecular formula is C22H31N7O2. The fourth-order valence-corrected chi connectivity index (χ4v) is 3.88. The van der Waals surface area contributed by atoms with Crippen molar-refractivity contribution in [3.05, 3.63) is 23.9 Å². The van der Waals surface area contributed by atoms with E-state index >= 15 is 0 Å². The number of nitrogens with zero attached hydrogens (tertiary/aromatic N) is 5. The lowest BCUT2D eigenvalue weighted by Gasteiger charge is -2.31. The molecule has 31 heavy (non-hydrogen) atoms. The molecule has 1 atom stereocenters. The van der Waals surface area contributed by atoms with Crippen molar-refractivity contribution in [1.82, 2.24) is 15.0 Å². The predicted octanol–water partition coefficient (Wildman–Crippen LogP) is 1.96. The van der Waals surface area contributed by atoms with Crippen LogP contribution < -0.4 is 20.9 Å². The quantitative estimate of drug-likeness (QED) is 0.748. The number of aromatic nitrogens is 3. The largest absolute Gasteiger partial charge is 0.378 e. The van der Waals surface area contributed by atoms with Crippen LogP contribution in [-0.2, 0) is 9.53 Å². The van der Waals surface area contributed by atoms with Gasteiger partial charge in [0.15, 0.2) is 5.82 Å². The lowest BCUT2D eigenvalue weighted by Crippen LogP contribution is -2.37. The van der Waals surface area contributed by atoms with Crippen molar-refractivity contribution in [2.75, 3.05) is 54.5 Å². The third-order valence-corrected chi connectivity index (χ3v) is 5.73. The number of amides is 1. The highest BCUT2D eigenvalue weighted by Crippen LogP contribution is 2.29. The smallest absolute Gasteiger partial charge is 0.242 e. The first-order valence-corrected chi connectivity index (χ1v) is 11.0. The summed E-state index contributed by atoms with van der Waals surface area (Å²) in [7, 11) is 0. The zero-order valence-electron chi connectivity index (χ0n) is 18.3. The molecular weight excluding hydrogens is 394 g/mol. The number of ether oxygens (including phenoxy) is 1. The van der Waals surface area contributed by atoms with Crippen LogP contribution in [0.5, 0.6) is 0 Å². The first-order chi connectivity index (χ1) is 15.0. The second-order valence-electron chi connectivity index (χ2n) is 8.22. The number of carbonyl (C=O) groups excluding carboxylic acids is 1. The highest BCUT2D eigenvalue weighted by atomic mass is 16.5. The van der Waals surface area contributed by atoms with Crippen LogP contribution in [0, 0.1) is 6.92 Å². The molecule has 0 bridgehead atoms. The monoisotopic (exact) mass is 425 g/mol. The highest BCUT2D eigenvalue weighted by molar-refractivity contribution is 5.93. The topological polar surface area (TPSA) is 110 Å². The molecule has 4 heterocycles. The average Bonchev–Trinajstić information content (AvgIpc) is 2.80. The second-order valence-corrected chi connectivity index (χ2v) is 8.22. The van der Waals surface area contributed by atoms with Crippen molar-refractivity contribution in [3.63, 3.8) is 0 Å². The standard InChI is InChI=1S/C22H31N7O2/c1-15-12-18(25-22(30)16(2)23)24-14-17(15)21-26-19(28-6-4-3-5-7-28)13-20(27-21)29-8-10-31-11-9-29/h12-14,16H,3-11,23H2,1-2H3,(H,24,25,30)/t16-/m1/s1. The molecule has 2 aromatic heterocycles. The molecule has 0 aromatic carbocycles. The second kappa shape index (κ2) is 9.57. The zero-order valence-corrected chi connectivity index (χ0v) is 18.3. The Kier molecular flexibility index (Phi) is 6.62. The Morgan fingerprint density at radius 3 is 2.32 bits per heavy atom. The molecule has 0 spiro atoms. The SMILES string of the molecule is Cc1cc(NC(=O)[C@@H](C)N)ncc1-c1nc(N2CCCCC2)cc(N2CCOCC2)n1. The number of anilines is 3. The molecule has 0 radical (unpaired) electrons. The molecule has 0 saturated carbocycles. The van der Waals surface area contributed by atoms with Crippen molar-refractivity contribution in [2.45, 2.75) is 39.2 Å². The number of nitrogens with one attached hydrogen (secondary N) is 1. The van der Waals surface area contributed by atoms with Gasteiger partial charge in [0.2, 0.25) is 5.91 Å². The normalized spacial score (nSPS) is 18.0. The number of rotatable bonds is 5. The third kappa shape index (κ3) is 5.11. The maximum atomic E-state index is 11.9. The van der Waals surface area contributed by atoms with Crippen molar-refractivity contribution in [2.24, 2.45) is 5.73 Å². The van der Waals surface area contributed by atoms with Gasteiger partial charge in [-0.2, -0.15) is 0 Å². The van der Waals surface area contributed by atoms with Crippen LogP contribution >= 0.6 is 0 Å². The van der Waals surface area contributed by atoms with Crippen molar-refractivity contribution in [1.29, 1.82) is 0 Å². The Morgan fingerprint density at radius 2 is 1.71 bits per heavy atom. The summed E-state index contributed by atoms with van der Waals surface area (Å²) in [5.74, 6) is 2.74. The Morgan fingerprint density at radius 1 is 1.06 bits per heavy atom. The molecule has 166 valence electrons. The molecule has 1 amide bonds. The average molecular weight is 426 g/mol. The van der Waals surface area contributed by atoms with E-state index in [0.29, 0.717) is 24.9 Å². The van der Waals surface area contributed by atoms with Gasteiger partial charge in [-0.05, 0) is 44.7 Å². The summed E-state index contributed by atoms with van der Waals surface area (Å²) in [6.07, 6.45) is 5.36. The molecule has 3 N–H and O–H groups in total. The summed E-state index contributed by atoms with van der Waals surface area (Å²) in [5, 5.41) is 2.74. The summed E-state index contributed by atoms with van der Waals surface area (Å²) in [5.41, 5.74) is 7.44. The Bertz CT molecular complexity index is 886. The fourth-order valence-electron chi connectivity index (χ4n) is 3.88. The first kappa shape index (κ1) is 21.5. The number of carbonyl (C=O) groups is 1. The predicted molar refractivity (Wildman–Crippen MR) is 121 cm³/mol. The highest BCUT2D eigenvalue weighted by Gasteiger charge is 2.20. The van der Waals surface area contributed by atoms with Crippen LogP contribution in [0.25, 0.3) is 11.4 Å². The zero-order chi connectivity index (χ0) is 21.8. The number of hydrogen-bond acceptors (Lipinski definition) is 8. The van der Waals surface area contributed by atoms with Gasteiger partial charge in [-0.3, -0.25) is 4.79 Å². The molecule has 9 nitrogen and oxygen atoms in total. The summed E-state index contributed by atoms with van der Waals surface area (Å²) in [4.78, 5) is 30.7. The minimum absolute atomic E-state index is 0.266. The van der Waals surface area contributed by atoms with Crippen molar-refractivity contribution >= 4 is 23.4 Å². The van der Waals surface area contributed by atoms with E-state index in [-0.39, 0.29) is 5.91 Å². The number of aryl methyl sites for hydroxylation is 1. The van der Waals surface area contributed by atoms with Crippen LogP contribution in [0.4, 0.5) is 17.5 Å². The number of nitrogens with two attached hydrogens (primary N) is 1. The van der Waals surface area contributed by atoms with E-state index in [0.717, 1.165) is 48.9 Å². The number of morpholine rings is 1. The Balaban J connectivity index is 1.68. The molecule has 0 unspecified atom stereocenters. The van der Waals surface area contributed by atoms with Gasteiger partial charge < -0.3 is 25.6 Å². The molecule has 2 saturated heterocycles. The number of pyridine rings is 1. The third-order valence-electron chi connectivity index (χ3n) is 5.73. The molecule has 2 aliphatic rings. The molecule has 2 fully saturated rings. The molecule has 2 aromatic rings. The van der Waals surface area contributed by atoms with Gasteiger partial charge >= 0.3 is 0 Å². The van der Waals surface area contributed by atoms with E-state index in [4.69, 9.17) is 20.4 Å². The van der Waals surface area contributed by atoms with E-state index in [1.165, 1.54) is 19.3 Å². The maximum Gasteiger partial charge on any atom is 0.242 e. The summed E-state index contributed by atoms with van der Waals surface area (Å²) in [6.45, 7) is 8.68. The Labute approximate surface area is 183 Å². The van der Waals surface area contributed by atoms with Crippen molar-refractivity contribution in [3.8, 4) is 11.4 Å². The van der Waals surface area contributed by atoms with E-state index in [1.54, 1.807) is 13.1 Å². The van der Waals surface area contributed by atoms with Gasteiger partial charge in [-0.25, -0.2) is 15.0 Å². The van der Waals surface area contributed by atoms with Crippen LogP contribution in [-0.4, -0.2) is 66.3 Å². The van der Waals surface area contributed by atoms with Crippen LogP contribution in [0.2, 0.25) is 0 Å². The van der Waals surface area contributed by atoms with Crippen LogP contribution in [0.1, 0.15) is 31.7 Å². The minimum atomic E-state index is -0.595. The maximum absolute atomic E-state index is 11.9. The number of piperidine rings is 1. The van der Waals surface area contributed by atoms with E-state index in [2.05, 4.69) is 26.2 Å². The van der Waals surface area contributed by atoms with Gasteiger partial charge in [0, 0.05) is 44.0 Å². The summed E-state index contributed by atoms with van der Waals surface area (Å²) >= 11 is 0. The van der Waals surface area contributed by atoms with Crippen LogP contribution in [0.3, 0.4) is 0 Å². The van der Waals surface area contributed by atoms with Crippen LogP contribution in [0.15, 0.2) is 18.3 Å². The number of hydrogen-bond donors (Lipinski definition) is 2. The van der Waals surface area contributed by atoms with E-state index in [9.17, 15) is 4.79 Å².